The summed E-state index contributed by atoms with van der Waals surface area (Å²) in [7, 11) is 0. The number of amides is 2. The van der Waals surface area contributed by atoms with E-state index in [1.807, 2.05) is 17.6 Å². The molecule has 104 valence electrons. The maximum atomic E-state index is 11.9. The summed E-state index contributed by atoms with van der Waals surface area (Å²) in [6, 6.07) is 6.68. The fraction of sp³-hybridized carbons (Fsp3) is 0.429. The number of carbonyl (C=O) groups excluding carboxylic acids is 2. The van der Waals surface area contributed by atoms with Crippen molar-refractivity contribution in [1.82, 2.24) is 10.7 Å². The smallest absolute Gasteiger partial charge is 0.256 e. The van der Waals surface area contributed by atoms with Crippen molar-refractivity contribution in [2.75, 3.05) is 0 Å². The molecule has 1 rings (SSSR count). The normalized spacial score (nSPS) is 12.7. The molecule has 0 heterocycles. The van der Waals surface area contributed by atoms with E-state index in [9.17, 15) is 9.59 Å². The topological polar surface area (TPSA) is 84.2 Å². The van der Waals surface area contributed by atoms with Crippen molar-refractivity contribution in [2.24, 2.45) is 5.84 Å². The highest BCUT2D eigenvalue weighted by atomic mass is 16.2. The van der Waals surface area contributed by atoms with Crippen molar-refractivity contribution in [3.63, 3.8) is 0 Å². The summed E-state index contributed by atoms with van der Waals surface area (Å²) in [4.78, 5) is 23.1. The Morgan fingerprint density at radius 1 is 1.16 bits per heavy atom. The second-order valence-electron chi connectivity index (χ2n) is 5.53. The quantitative estimate of drug-likeness (QED) is 0.433. The van der Waals surface area contributed by atoms with Crippen LogP contribution in [0, 0.1) is 0 Å². The predicted molar refractivity (Wildman–Crippen MR) is 74.4 cm³/mol. The number of rotatable bonds is 3. The summed E-state index contributed by atoms with van der Waals surface area (Å²) in [6.07, 6.45) is 0. The summed E-state index contributed by atoms with van der Waals surface area (Å²) >= 11 is 0. The number of benzene rings is 1. The van der Waals surface area contributed by atoms with Crippen LogP contribution in [0.25, 0.3) is 0 Å². The lowest BCUT2D eigenvalue weighted by Crippen LogP contribution is -2.47. The molecule has 19 heavy (non-hydrogen) atoms. The molecule has 0 fully saturated rings. The molecule has 2 amide bonds. The van der Waals surface area contributed by atoms with Gasteiger partial charge in [-0.25, -0.2) is 5.84 Å². The molecule has 0 aromatic heterocycles. The Kier molecular flexibility index (Phi) is 4.67. The predicted octanol–water partition coefficient (Wildman–Crippen LogP) is 1.09. The third-order valence-corrected chi connectivity index (χ3v) is 2.90. The maximum absolute atomic E-state index is 11.9. The summed E-state index contributed by atoms with van der Waals surface area (Å²) in [5.41, 5.74) is 3.71. The van der Waals surface area contributed by atoms with Gasteiger partial charge in [0.25, 0.3) is 11.8 Å². The lowest BCUT2D eigenvalue weighted by molar-refractivity contribution is -0.122. The average Bonchev–Trinajstić information content (AvgIpc) is 2.36. The second-order valence-corrected chi connectivity index (χ2v) is 5.53. The Labute approximate surface area is 113 Å². The lowest BCUT2D eigenvalue weighted by Gasteiger charge is -2.19. The molecule has 1 atom stereocenters. The van der Waals surface area contributed by atoms with Crippen LogP contribution >= 0.6 is 0 Å². The van der Waals surface area contributed by atoms with Gasteiger partial charge < -0.3 is 5.32 Å². The summed E-state index contributed by atoms with van der Waals surface area (Å²) in [5, 5.41) is 2.57. The Balaban J connectivity index is 2.76. The van der Waals surface area contributed by atoms with Gasteiger partial charge in [-0.3, -0.25) is 15.0 Å². The first-order valence-corrected chi connectivity index (χ1v) is 6.17. The first kappa shape index (κ1) is 15.2. The van der Waals surface area contributed by atoms with E-state index in [-0.39, 0.29) is 11.3 Å². The zero-order chi connectivity index (χ0) is 14.6. The number of nitrogens with two attached hydrogens (primary N) is 1. The fourth-order valence-electron chi connectivity index (χ4n) is 1.59. The number of hydrogen-bond acceptors (Lipinski definition) is 3. The SMILES string of the molecule is C[C@@H](NC(=O)c1ccc(C(C)(C)C)cc1)C(=O)NN. The van der Waals surface area contributed by atoms with Gasteiger partial charge in [0.15, 0.2) is 0 Å². The minimum Gasteiger partial charge on any atom is -0.340 e. The van der Waals surface area contributed by atoms with Gasteiger partial charge in [0.2, 0.25) is 0 Å². The molecule has 0 unspecified atom stereocenters. The van der Waals surface area contributed by atoms with Crippen molar-refractivity contribution in [3.05, 3.63) is 35.4 Å². The molecule has 0 radical (unpaired) electrons. The number of nitrogens with one attached hydrogen (secondary N) is 2. The summed E-state index contributed by atoms with van der Waals surface area (Å²) in [5.74, 6) is 4.28. The van der Waals surface area contributed by atoms with E-state index in [2.05, 4.69) is 26.1 Å². The highest BCUT2D eigenvalue weighted by molar-refractivity contribution is 5.97. The van der Waals surface area contributed by atoms with Crippen LogP contribution in [0.2, 0.25) is 0 Å². The molecule has 0 spiro atoms. The minimum absolute atomic E-state index is 0.0434. The van der Waals surface area contributed by atoms with Gasteiger partial charge in [0, 0.05) is 5.56 Å². The molecule has 1 aromatic carbocycles. The monoisotopic (exact) mass is 263 g/mol. The number of hydrazine groups is 1. The Morgan fingerprint density at radius 3 is 2.11 bits per heavy atom. The third kappa shape index (κ3) is 4.06. The molecular formula is C14H21N3O2. The van der Waals surface area contributed by atoms with Gasteiger partial charge in [-0.15, -0.1) is 0 Å². The van der Waals surface area contributed by atoms with Crippen molar-refractivity contribution in [3.8, 4) is 0 Å². The van der Waals surface area contributed by atoms with Gasteiger partial charge in [-0.1, -0.05) is 32.9 Å². The minimum atomic E-state index is -0.667. The first-order valence-electron chi connectivity index (χ1n) is 6.17. The van der Waals surface area contributed by atoms with E-state index in [1.54, 1.807) is 19.1 Å². The molecule has 0 saturated heterocycles. The highest BCUT2D eigenvalue weighted by Crippen LogP contribution is 2.22. The molecule has 0 aliphatic carbocycles. The van der Waals surface area contributed by atoms with E-state index in [4.69, 9.17) is 5.84 Å². The van der Waals surface area contributed by atoms with Crippen LogP contribution in [0.15, 0.2) is 24.3 Å². The highest BCUT2D eigenvalue weighted by Gasteiger charge is 2.17. The number of carbonyl (C=O) groups is 2. The molecule has 0 saturated carbocycles. The van der Waals surface area contributed by atoms with Crippen LogP contribution in [0.5, 0.6) is 0 Å². The van der Waals surface area contributed by atoms with Crippen LogP contribution < -0.4 is 16.6 Å². The van der Waals surface area contributed by atoms with E-state index >= 15 is 0 Å². The van der Waals surface area contributed by atoms with Gasteiger partial charge in [-0.2, -0.15) is 0 Å². The van der Waals surface area contributed by atoms with Crippen molar-refractivity contribution >= 4 is 11.8 Å². The molecule has 5 nitrogen and oxygen atoms in total. The standard InChI is InChI=1S/C14H21N3O2/c1-9(12(18)17-15)16-13(19)10-5-7-11(8-6-10)14(2,3)4/h5-9H,15H2,1-4H3,(H,16,19)(H,17,18)/t9-/m1/s1. The van der Waals surface area contributed by atoms with Crippen LogP contribution in [0.3, 0.4) is 0 Å². The molecule has 0 bridgehead atoms. The molecule has 0 aliphatic heterocycles. The molecule has 5 heteroatoms. The number of hydrogen-bond donors (Lipinski definition) is 3. The van der Waals surface area contributed by atoms with Gasteiger partial charge >= 0.3 is 0 Å². The van der Waals surface area contributed by atoms with Crippen molar-refractivity contribution < 1.29 is 9.59 Å². The van der Waals surface area contributed by atoms with Gasteiger partial charge in [0.05, 0.1) is 0 Å². The zero-order valence-electron chi connectivity index (χ0n) is 11.8. The first-order chi connectivity index (χ1) is 8.75. The zero-order valence-corrected chi connectivity index (χ0v) is 11.8. The second kappa shape index (κ2) is 5.84. The van der Waals surface area contributed by atoms with Crippen molar-refractivity contribution in [2.45, 2.75) is 39.2 Å². The molecule has 0 aliphatic rings. The van der Waals surface area contributed by atoms with E-state index < -0.39 is 11.9 Å². The van der Waals surface area contributed by atoms with Crippen LogP contribution in [0.1, 0.15) is 43.6 Å². The molecular weight excluding hydrogens is 242 g/mol. The summed E-state index contributed by atoms with van der Waals surface area (Å²) in [6.45, 7) is 7.89. The molecule has 4 N–H and O–H groups in total. The maximum Gasteiger partial charge on any atom is 0.256 e. The summed E-state index contributed by atoms with van der Waals surface area (Å²) < 4.78 is 0. The van der Waals surface area contributed by atoms with Crippen LogP contribution in [-0.4, -0.2) is 17.9 Å². The Hall–Kier alpha value is -1.88. The van der Waals surface area contributed by atoms with E-state index in [0.29, 0.717) is 5.56 Å². The van der Waals surface area contributed by atoms with Crippen LogP contribution in [0.4, 0.5) is 0 Å². The lowest BCUT2D eigenvalue weighted by atomic mass is 9.86. The van der Waals surface area contributed by atoms with Crippen molar-refractivity contribution in [1.29, 1.82) is 0 Å². The van der Waals surface area contributed by atoms with E-state index in [0.717, 1.165) is 5.56 Å². The Bertz CT molecular complexity index is 461. The Morgan fingerprint density at radius 2 is 1.68 bits per heavy atom. The third-order valence-electron chi connectivity index (χ3n) is 2.90. The largest absolute Gasteiger partial charge is 0.340 e. The fourth-order valence-corrected chi connectivity index (χ4v) is 1.59. The van der Waals surface area contributed by atoms with E-state index in [1.165, 1.54) is 0 Å². The molecule has 1 aromatic rings. The average molecular weight is 263 g/mol. The van der Waals surface area contributed by atoms with Gasteiger partial charge in [-0.05, 0) is 30.0 Å². The van der Waals surface area contributed by atoms with Gasteiger partial charge in [0.1, 0.15) is 6.04 Å². The van der Waals surface area contributed by atoms with Crippen LogP contribution in [-0.2, 0) is 10.2 Å².